The summed E-state index contributed by atoms with van der Waals surface area (Å²) in [5.74, 6) is 0.226. The Morgan fingerprint density at radius 1 is 1.90 bits per heavy atom. The Balaban J connectivity index is 2.67. The summed E-state index contributed by atoms with van der Waals surface area (Å²) in [4.78, 5) is 13.9. The van der Waals surface area contributed by atoms with Crippen molar-refractivity contribution in [1.29, 1.82) is 0 Å². The van der Waals surface area contributed by atoms with Crippen LogP contribution >= 0.6 is 27.3 Å². The van der Waals surface area contributed by atoms with E-state index in [9.17, 15) is 4.79 Å². The topological polar surface area (TPSA) is 65.2 Å². The number of hydrogen-bond donors (Lipinski definition) is 1. The van der Waals surface area contributed by atoms with Crippen molar-refractivity contribution in [3.05, 3.63) is 9.30 Å². The van der Waals surface area contributed by atoms with E-state index in [2.05, 4.69) is 25.7 Å². The van der Waals surface area contributed by atoms with Crippen LogP contribution in [0.3, 0.4) is 0 Å². The SMILES string of the molecule is NC(=O)Oc1csc(Br)n1. The molecule has 54 valence electrons. The molecular weight excluding hydrogens is 220 g/mol. The number of amides is 1. The smallest absolute Gasteiger partial charge is 0.390 e. The summed E-state index contributed by atoms with van der Waals surface area (Å²) < 4.78 is 5.10. The van der Waals surface area contributed by atoms with Gasteiger partial charge in [-0.1, -0.05) is 0 Å². The third-order valence-corrected chi connectivity index (χ3v) is 2.00. The second-order valence-electron chi connectivity index (χ2n) is 1.36. The Morgan fingerprint density at radius 2 is 2.60 bits per heavy atom. The predicted molar refractivity (Wildman–Crippen MR) is 40.0 cm³/mol. The van der Waals surface area contributed by atoms with Crippen molar-refractivity contribution in [2.75, 3.05) is 0 Å². The van der Waals surface area contributed by atoms with Gasteiger partial charge in [0.25, 0.3) is 0 Å². The lowest BCUT2D eigenvalue weighted by atomic mass is 10.9. The zero-order valence-electron chi connectivity index (χ0n) is 4.70. The van der Waals surface area contributed by atoms with Gasteiger partial charge in [0.15, 0.2) is 3.92 Å². The van der Waals surface area contributed by atoms with Gasteiger partial charge in [-0.15, -0.1) is 11.3 Å². The minimum absolute atomic E-state index is 0.226. The van der Waals surface area contributed by atoms with E-state index < -0.39 is 6.09 Å². The number of carbonyl (C=O) groups is 1. The second kappa shape index (κ2) is 2.98. The van der Waals surface area contributed by atoms with E-state index in [4.69, 9.17) is 5.73 Å². The van der Waals surface area contributed by atoms with Crippen molar-refractivity contribution in [3.63, 3.8) is 0 Å². The van der Waals surface area contributed by atoms with Crippen molar-refractivity contribution in [2.24, 2.45) is 5.73 Å². The summed E-state index contributed by atoms with van der Waals surface area (Å²) in [6.07, 6.45) is -0.849. The largest absolute Gasteiger partial charge is 0.411 e. The zero-order chi connectivity index (χ0) is 7.56. The van der Waals surface area contributed by atoms with Gasteiger partial charge in [0.1, 0.15) is 0 Å². The zero-order valence-corrected chi connectivity index (χ0v) is 7.11. The normalized spacial score (nSPS) is 9.30. The minimum atomic E-state index is -0.849. The minimum Gasteiger partial charge on any atom is -0.390 e. The molecular formula is C4H3BrN2O2S. The number of thiazole rings is 1. The maximum atomic E-state index is 10.1. The Bertz CT molecular complexity index is 249. The highest BCUT2D eigenvalue weighted by atomic mass is 79.9. The van der Waals surface area contributed by atoms with Crippen LogP contribution in [-0.4, -0.2) is 11.1 Å². The van der Waals surface area contributed by atoms with E-state index >= 15 is 0 Å². The Kier molecular flexibility index (Phi) is 2.23. The van der Waals surface area contributed by atoms with Gasteiger partial charge in [-0.2, -0.15) is 4.98 Å². The molecule has 0 radical (unpaired) electrons. The average molecular weight is 223 g/mol. The molecule has 0 aliphatic carbocycles. The number of primary amides is 1. The Morgan fingerprint density at radius 3 is 3.00 bits per heavy atom. The fourth-order valence-electron chi connectivity index (χ4n) is 0.388. The number of aromatic nitrogens is 1. The van der Waals surface area contributed by atoms with E-state index in [-0.39, 0.29) is 5.88 Å². The van der Waals surface area contributed by atoms with Gasteiger partial charge in [-0.3, -0.25) is 0 Å². The molecule has 0 bridgehead atoms. The van der Waals surface area contributed by atoms with E-state index in [1.54, 1.807) is 5.38 Å². The summed E-state index contributed by atoms with van der Waals surface area (Å²) in [6.45, 7) is 0. The summed E-state index contributed by atoms with van der Waals surface area (Å²) >= 11 is 4.42. The van der Waals surface area contributed by atoms with Gasteiger partial charge in [0.05, 0.1) is 5.38 Å². The lowest BCUT2D eigenvalue weighted by Crippen LogP contribution is -2.16. The summed E-state index contributed by atoms with van der Waals surface area (Å²) in [5, 5.41) is 1.58. The van der Waals surface area contributed by atoms with Crippen molar-refractivity contribution in [3.8, 4) is 5.88 Å². The number of halogens is 1. The molecule has 0 saturated heterocycles. The van der Waals surface area contributed by atoms with Gasteiger partial charge in [0, 0.05) is 0 Å². The highest BCUT2D eigenvalue weighted by Crippen LogP contribution is 2.20. The first-order chi connectivity index (χ1) is 4.68. The second-order valence-corrected chi connectivity index (χ2v) is 3.49. The summed E-state index contributed by atoms with van der Waals surface area (Å²) in [5.41, 5.74) is 4.72. The first-order valence-corrected chi connectivity index (χ1v) is 3.94. The summed E-state index contributed by atoms with van der Waals surface area (Å²) in [6, 6.07) is 0. The highest BCUT2D eigenvalue weighted by Gasteiger charge is 2.01. The molecule has 6 heteroatoms. The third-order valence-electron chi connectivity index (χ3n) is 0.660. The number of hydrogen-bond acceptors (Lipinski definition) is 4. The maximum Gasteiger partial charge on any atom is 0.411 e. The van der Waals surface area contributed by atoms with Crippen molar-refractivity contribution < 1.29 is 9.53 Å². The van der Waals surface area contributed by atoms with E-state index in [0.29, 0.717) is 3.92 Å². The molecule has 0 aliphatic rings. The van der Waals surface area contributed by atoms with Crippen LogP contribution in [0, 0.1) is 0 Å². The first-order valence-electron chi connectivity index (χ1n) is 2.27. The lowest BCUT2D eigenvalue weighted by Gasteiger charge is -1.90. The molecule has 4 nitrogen and oxygen atoms in total. The fraction of sp³-hybridized carbons (Fsp3) is 0. The molecule has 1 aromatic heterocycles. The molecule has 0 fully saturated rings. The molecule has 1 heterocycles. The van der Waals surface area contributed by atoms with Crippen molar-refractivity contribution >= 4 is 33.4 Å². The quantitative estimate of drug-likeness (QED) is 0.781. The van der Waals surface area contributed by atoms with Gasteiger partial charge in [0.2, 0.25) is 5.88 Å². The number of ether oxygens (including phenoxy) is 1. The number of carbonyl (C=O) groups excluding carboxylic acids is 1. The van der Waals surface area contributed by atoms with Crippen LogP contribution in [0.1, 0.15) is 0 Å². The Hall–Kier alpha value is -0.620. The van der Waals surface area contributed by atoms with Crippen LogP contribution in [0.5, 0.6) is 5.88 Å². The van der Waals surface area contributed by atoms with Crippen LogP contribution in [0.4, 0.5) is 4.79 Å². The van der Waals surface area contributed by atoms with Crippen LogP contribution in [0.2, 0.25) is 0 Å². The molecule has 2 N–H and O–H groups in total. The first kappa shape index (κ1) is 7.49. The van der Waals surface area contributed by atoms with Gasteiger partial charge in [-0.05, 0) is 15.9 Å². The molecule has 0 saturated carbocycles. The van der Waals surface area contributed by atoms with Gasteiger partial charge in [-0.25, -0.2) is 4.79 Å². The predicted octanol–water partition coefficient (Wildman–Crippen LogP) is 1.36. The number of nitrogens with zero attached hydrogens (tertiary/aromatic N) is 1. The molecule has 10 heavy (non-hydrogen) atoms. The number of rotatable bonds is 1. The van der Waals surface area contributed by atoms with E-state index in [1.807, 2.05) is 0 Å². The molecule has 1 amide bonds. The van der Waals surface area contributed by atoms with Crippen LogP contribution < -0.4 is 10.5 Å². The molecule has 0 atom stereocenters. The van der Waals surface area contributed by atoms with E-state index in [0.717, 1.165) is 0 Å². The lowest BCUT2D eigenvalue weighted by molar-refractivity contribution is 0.209. The Labute approximate surface area is 69.1 Å². The standard InChI is InChI=1S/C4H3BrN2O2S/c5-3-7-2(1-10-3)9-4(6)8/h1H,(H2,6,8). The monoisotopic (exact) mass is 222 g/mol. The fourth-order valence-corrected chi connectivity index (χ4v) is 1.29. The molecule has 0 aromatic carbocycles. The maximum absolute atomic E-state index is 10.1. The van der Waals surface area contributed by atoms with Crippen LogP contribution in [0.15, 0.2) is 9.30 Å². The molecule has 1 aromatic rings. The van der Waals surface area contributed by atoms with Gasteiger partial charge < -0.3 is 10.5 Å². The highest BCUT2D eigenvalue weighted by molar-refractivity contribution is 9.11. The third kappa shape index (κ3) is 1.96. The average Bonchev–Trinajstić information content (AvgIpc) is 2.13. The van der Waals surface area contributed by atoms with E-state index in [1.165, 1.54) is 11.3 Å². The van der Waals surface area contributed by atoms with Crippen LogP contribution in [0.25, 0.3) is 0 Å². The van der Waals surface area contributed by atoms with Crippen molar-refractivity contribution in [1.82, 2.24) is 4.98 Å². The summed E-state index contributed by atoms with van der Waals surface area (Å²) in [7, 11) is 0. The molecule has 0 spiro atoms. The molecule has 0 aliphatic heterocycles. The van der Waals surface area contributed by atoms with Crippen molar-refractivity contribution in [2.45, 2.75) is 0 Å². The molecule has 0 unspecified atom stereocenters. The molecule has 1 rings (SSSR count). The van der Waals surface area contributed by atoms with Gasteiger partial charge >= 0.3 is 6.09 Å². The number of nitrogens with two attached hydrogens (primary N) is 1. The van der Waals surface area contributed by atoms with Crippen LogP contribution in [-0.2, 0) is 0 Å².